The van der Waals surface area contributed by atoms with Crippen molar-refractivity contribution in [2.75, 3.05) is 22.1 Å². The Kier molecular flexibility index (Phi) is 9.06. The van der Waals surface area contributed by atoms with Crippen molar-refractivity contribution in [3.63, 3.8) is 0 Å². The molecule has 0 radical (unpaired) electrons. The Bertz CT molecular complexity index is 725. The van der Waals surface area contributed by atoms with Gasteiger partial charge in [-0.2, -0.15) is 11.8 Å². The summed E-state index contributed by atoms with van der Waals surface area (Å²) >= 11 is 25.5. The molecule has 0 fully saturated rings. The molecule has 0 bridgehead atoms. The van der Waals surface area contributed by atoms with Gasteiger partial charge in [0.2, 0.25) is 11.8 Å². The minimum atomic E-state index is -0.190. The number of para-hydroxylation sites is 2. The third kappa shape index (κ3) is 7.09. The Hall–Kier alpha value is -1.11. The second-order valence-corrected chi connectivity index (χ2v) is 8.26. The minimum Gasteiger partial charge on any atom is -0.324 e. The van der Waals surface area contributed by atoms with E-state index in [1.165, 1.54) is 11.8 Å². The van der Waals surface area contributed by atoms with Gasteiger partial charge in [0.1, 0.15) is 0 Å². The Morgan fingerprint density at radius 3 is 1.37 bits per heavy atom. The third-order valence-corrected chi connectivity index (χ3v) is 5.65. The summed E-state index contributed by atoms with van der Waals surface area (Å²) in [5.74, 6) is 0.747. The standard InChI is InChI=1S/C18H16Cl4N2O2S/c19-11-3-1-4-12(20)17(11)23-15(25)7-9-27-10-8-16(26)24-18-13(21)5-2-6-14(18)22/h1-6H,7-10H2,(H,23,25)(H,24,26). The Morgan fingerprint density at radius 1 is 0.704 bits per heavy atom. The summed E-state index contributed by atoms with van der Waals surface area (Å²) in [6, 6.07) is 10.0. The van der Waals surface area contributed by atoms with Crippen LogP contribution in [-0.4, -0.2) is 23.3 Å². The second-order valence-electron chi connectivity index (χ2n) is 5.40. The van der Waals surface area contributed by atoms with Crippen LogP contribution in [0.15, 0.2) is 36.4 Å². The minimum absolute atomic E-state index is 0.190. The zero-order chi connectivity index (χ0) is 19.8. The summed E-state index contributed by atoms with van der Waals surface area (Å²) in [6.45, 7) is 0. The summed E-state index contributed by atoms with van der Waals surface area (Å²) in [5, 5.41) is 6.95. The first kappa shape index (κ1) is 22.2. The Balaban J connectivity index is 1.68. The number of rotatable bonds is 8. The fourth-order valence-electron chi connectivity index (χ4n) is 2.07. The highest BCUT2D eigenvalue weighted by Gasteiger charge is 2.11. The molecular formula is C18H16Cl4N2O2S. The predicted octanol–water partition coefficient (Wildman–Crippen LogP) is 6.39. The smallest absolute Gasteiger partial charge is 0.225 e. The van der Waals surface area contributed by atoms with Crippen LogP contribution in [0, 0.1) is 0 Å². The van der Waals surface area contributed by atoms with E-state index in [4.69, 9.17) is 46.4 Å². The van der Waals surface area contributed by atoms with E-state index >= 15 is 0 Å². The average Bonchev–Trinajstić information content (AvgIpc) is 2.61. The van der Waals surface area contributed by atoms with Crippen molar-refractivity contribution < 1.29 is 9.59 Å². The third-order valence-electron chi connectivity index (χ3n) is 3.40. The molecule has 0 aliphatic heterocycles. The molecule has 2 amide bonds. The number of carbonyl (C=O) groups is 2. The maximum absolute atomic E-state index is 12.0. The van der Waals surface area contributed by atoms with Crippen LogP contribution in [0.5, 0.6) is 0 Å². The zero-order valence-electron chi connectivity index (χ0n) is 14.0. The van der Waals surface area contributed by atoms with Gasteiger partial charge in [0.05, 0.1) is 31.5 Å². The molecule has 2 rings (SSSR count). The molecule has 0 aromatic heterocycles. The van der Waals surface area contributed by atoms with Gasteiger partial charge in [0, 0.05) is 24.3 Å². The van der Waals surface area contributed by atoms with Gasteiger partial charge in [0.15, 0.2) is 0 Å². The Morgan fingerprint density at radius 2 is 1.04 bits per heavy atom. The van der Waals surface area contributed by atoms with Crippen LogP contribution in [0.3, 0.4) is 0 Å². The van der Waals surface area contributed by atoms with Gasteiger partial charge < -0.3 is 10.6 Å². The van der Waals surface area contributed by atoms with E-state index in [-0.39, 0.29) is 24.7 Å². The molecule has 0 atom stereocenters. The highest BCUT2D eigenvalue weighted by molar-refractivity contribution is 7.99. The lowest BCUT2D eigenvalue weighted by molar-refractivity contribution is -0.116. The number of thioether (sulfide) groups is 1. The largest absolute Gasteiger partial charge is 0.324 e. The molecule has 2 aromatic rings. The number of amides is 2. The molecular weight excluding hydrogens is 450 g/mol. The van der Waals surface area contributed by atoms with E-state index in [1.807, 2.05) is 0 Å². The molecule has 27 heavy (non-hydrogen) atoms. The predicted molar refractivity (Wildman–Crippen MR) is 117 cm³/mol. The maximum Gasteiger partial charge on any atom is 0.225 e. The SMILES string of the molecule is O=C(CCSCCC(=O)Nc1c(Cl)cccc1Cl)Nc1c(Cl)cccc1Cl. The van der Waals surface area contributed by atoms with Crippen molar-refractivity contribution in [2.45, 2.75) is 12.8 Å². The van der Waals surface area contributed by atoms with Crippen molar-refractivity contribution in [3.05, 3.63) is 56.5 Å². The van der Waals surface area contributed by atoms with Gasteiger partial charge >= 0.3 is 0 Å². The summed E-state index contributed by atoms with van der Waals surface area (Å²) < 4.78 is 0. The number of halogens is 4. The van der Waals surface area contributed by atoms with Crippen LogP contribution in [0.1, 0.15) is 12.8 Å². The van der Waals surface area contributed by atoms with Crippen LogP contribution in [0.25, 0.3) is 0 Å². The fraction of sp³-hybridized carbons (Fsp3) is 0.222. The molecule has 0 aliphatic rings. The second kappa shape index (κ2) is 11.0. The van der Waals surface area contributed by atoms with Crippen molar-refractivity contribution in [3.8, 4) is 0 Å². The van der Waals surface area contributed by atoms with Crippen molar-refractivity contribution in [2.24, 2.45) is 0 Å². The van der Waals surface area contributed by atoms with Crippen molar-refractivity contribution >= 4 is 81.4 Å². The normalized spacial score (nSPS) is 10.5. The van der Waals surface area contributed by atoms with E-state index in [0.29, 0.717) is 43.0 Å². The van der Waals surface area contributed by atoms with Crippen molar-refractivity contribution in [1.82, 2.24) is 0 Å². The van der Waals surface area contributed by atoms with E-state index in [1.54, 1.807) is 36.4 Å². The van der Waals surface area contributed by atoms with Gasteiger partial charge in [0.25, 0.3) is 0 Å². The zero-order valence-corrected chi connectivity index (χ0v) is 17.9. The summed E-state index contributed by atoms with van der Waals surface area (Å²) in [6.07, 6.45) is 0.564. The van der Waals surface area contributed by atoms with Gasteiger partial charge in [-0.3, -0.25) is 9.59 Å². The lowest BCUT2D eigenvalue weighted by atomic mass is 10.3. The summed E-state index contributed by atoms with van der Waals surface area (Å²) in [7, 11) is 0. The van der Waals surface area contributed by atoms with Gasteiger partial charge in [-0.25, -0.2) is 0 Å². The summed E-state index contributed by atoms with van der Waals surface area (Å²) in [5.41, 5.74) is 0.818. The van der Waals surface area contributed by atoms with E-state index in [2.05, 4.69) is 10.6 Å². The Labute approximate surface area is 181 Å². The highest BCUT2D eigenvalue weighted by Crippen LogP contribution is 2.31. The number of anilines is 2. The van der Waals surface area contributed by atoms with E-state index < -0.39 is 0 Å². The molecule has 2 N–H and O–H groups in total. The first-order chi connectivity index (χ1) is 12.9. The first-order valence-corrected chi connectivity index (χ1v) is 10.6. The molecule has 0 saturated carbocycles. The fourth-order valence-corrected chi connectivity index (χ4v) is 3.92. The van der Waals surface area contributed by atoms with Crippen LogP contribution < -0.4 is 10.6 Å². The summed E-state index contributed by atoms with van der Waals surface area (Å²) in [4.78, 5) is 24.0. The molecule has 0 spiro atoms. The molecule has 0 unspecified atom stereocenters. The first-order valence-electron chi connectivity index (χ1n) is 7.94. The average molecular weight is 466 g/mol. The number of benzene rings is 2. The van der Waals surface area contributed by atoms with Gasteiger partial charge in [-0.1, -0.05) is 58.5 Å². The molecule has 0 saturated heterocycles. The molecule has 4 nitrogen and oxygen atoms in total. The number of carbonyl (C=O) groups excluding carboxylic acids is 2. The quantitative estimate of drug-likeness (QED) is 0.444. The molecule has 9 heteroatoms. The van der Waals surface area contributed by atoms with Gasteiger partial charge in [-0.15, -0.1) is 0 Å². The molecule has 0 aliphatic carbocycles. The monoisotopic (exact) mass is 464 g/mol. The van der Waals surface area contributed by atoms with Crippen LogP contribution in [-0.2, 0) is 9.59 Å². The molecule has 0 heterocycles. The highest BCUT2D eigenvalue weighted by atomic mass is 35.5. The number of hydrogen-bond acceptors (Lipinski definition) is 3. The van der Waals surface area contributed by atoms with Crippen molar-refractivity contribution in [1.29, 1.82) is 0 Å². The number of hydrogen-bond donors (Lipinski definition) is 2. The topological polar surface area (TPSA) is 58.2 Å². The number of nitrogens with one attached hydrogen (secondary N) is 2. The van der Waals surface area contributed by atoms with Crippen LogP contribution in [0.2, 0.25) is 20.1 Å². The van der Waals surface area contributed by atoms with Crippen LogP contribution >= 0.6 is 58.2 Å². The lowest BCUT2D eigenvalue weighted by Crippen LogP contribution is -2.14. The lowest BCUT2D eigenvalue weighted by Gasteiger charge is -2.10. The van der Waals surface area contributed by atoms with E-state index in [9.17, 15) is 9.59 Å². The molecule has 2 aromatic carbocycles. The molecule has 144 valence electrons. The van der Waals surface area contributed by atoms with E-state index in [0.717, 1.165) is 0 Å². The van der Waals surface area contributed by atoms with Crippen LogP contribution in [0.4, 0.5) is 11.4 Å². The maximum atomic E-state index is 12.0. The van der Waals surface area contributed by atoms with Gasteiger partial charge in [-0.05, 0) is 24.3 Å².